The molecule has 0 N–H and O–H groups in total. The lowest BCUT2D eigenvalue weighted by atomic mass is 10.0. The van der Waals surface area contributed by atoms with Gasteiger partial charge in [0.25, 0.3) is 0 Å². The molecule has 1 aromatic heterocycles. The van der Waals surface area contributed by atoms with E-state index in [1.165, 1.54) is 7.11 Å². The monoisotopic (exact) mass is 269 g/mol. The van der Waals surface area contributed by atoms with Crippen molar-refractivity contribution in [3.05, 3.63) is 53.5 Å². The smallest absolute Gasteiger partial charge is 0.337 e. The molecule has 0 bridgehead atoms. The highest BCUT2D eigenvalue weighted by Crippen LogP contribution is 2.26. The molecule has 2 aromatic carbocycles. The summed E-state index contributed by atoms with van der Waals surface area (Å²) >= 11 is 1.61. The van der Waals surface area contributed by atoms with Gasteiger partial charge in [-0.3, -0.25) is 0 Å². The number of nitrogens with zero attached hydrogens (tertiary/aromatic N) is 1. The number of ether oxygens (including phenoxy) is 1. The van der Waals surface area contributed by atoms with Gasteiger partial charge in [0.15, 0.2) is 0 Å². The zero-order chi connectivity index (χ0) is 13.2. The summed E-state index contributed by atoms with van der Waals surface area (Å²) in [6.07, 6.45) is 0. The Labute approximate surface area is 114 Å². The molecule has 3 aromatic rings. The number of fused-ring (bicyclic) bond motifs is 1. The van der Waals surface area contributed by atoms with Crippen LogP contribution < -0.4 is 0 Å². The molecule has 0 saturated heterocycles. The lowest BCUT2D eigenvalue weighted by Gasteiger charge is -2.04. The normalized spacial score (nSPS) is 10.6. The molecule has 0 spiro atoms. The minimum atomic E-state index is -0.319. The Balaban J connectivity index is 2.07. The van der Waals surface area contributed by atoms with Crippen molar-refractivity contribution in [3.63, 3.8) is 0 Å². The van der Waals surface area contributed by atoms with Gasteiger partial charge in [0, 0.05) is 0 Å². The fraction of sp³-hybridized carbons (Fsp3) is 0.0667. The van der Waals surface area contributed by atoms with E-state index in [1.54, 1.807) is 17.4 Å². The molecule has 0 fully saturated rings. The Morgan fingerprint density at radius 2 is 2.00 bits per heavy atom. The molecule has 0 radical (unpaired) electrons. The quantitative estimate of drug-likeness (QED) is 0.665. The Morgan fingerprint density at radius 1 is 1.16 bits per heavy atom. The second-order valence-electron chi connectivity index (χ2n) is 4.11. The third-order valence-corrected chi connectivity index (χ3v) is 3.74. The fourth-order valence-corrected chi connectivity index (χ4v) is 2.69. The van der Waals surface area contributed by atoms with Crippen LogP contribution in [0.15, 0.2) is 48.0 Å². The van der Waals surface area contributed by atoms with Gasteiger partial charge in [0.1, 0.15) is 0 Å². The molecule has 19 heavy (non-hydrogen) atoms. The van der Waals surface area contributed by atoms with Crippen molar-refractivity contribution in [2.75, 3.05) is 7.11 Å². The molecule has 0 aliphatic heterocycles. The topological polar surface area (TPSA) is 39.2 Å². The number of rotatable bonds is 2. The van der Waals surface area contributed by atoms with E-state index >= 15 is 0 Å². The first-order chi connectivity index (χ1) is 9.28. The predicted octanol–water partition coefficient (Wildman–Crippen LogP) is 3.75. The number of methoxy groups -OCH3 is 1. The maximum absolute atomic E-state index is 11.5. The number of carbonyl (C=O) groups excluding carboxylic acids is 1. The molecule has 0 unspecified atom stereocenters. The second-order valence-corrected chi connectivity index (χ2v) is 4.99. The average Bonchev–Trinajstić information content (AvgIpc) is 2.94. The zero-order valence-electron chi connectivity index (χ0n) is 10.3. The number of aromatic nitrogens is 1. The minimum Gasteiger partial charge on any atom is -0.465 e. The van der Waals surface area contributed by atoms with E-state index in [1.807, 2.05) is 35.8 Å². The SMILES string of the molecule is COC(=O)c1cccc(-c2ccc3ncsc3c2)c1. The van der Waals surface area contributed by atoms with Crippen molar-refractivity contribution in [2.24, 2.45) is 0 Å². The molecule has 0 atom stereocenters. The molecular formula is C15H11NO2S. The van der Waals surface area contributed by atoms with Crippen LogP contribution in [0, 0.1) is 0 Å². The zero-order valence-corrected chi connectivity index (χ0v) is 11.1. The highest BCUT2D eigenvalue weighted by molar-refractivity contribution is 7.16. The van der Waals surface area contributed by atoms with Crippen LogP contribution in [0.3, 0.4) is 0 Å². The summed E-state index contributed by atoms with van der Waals surface area (Å²) in [6.45, 7) is 0. The first kappa shape index (κ1) is 11.9. The summed E-state index contributed by atoms with van der Waals surface area (Å²) < 4.78 is 5.88. The van der Waals surface area contributed by atoms with E-state index in [9.17, 15) is 4.79 Å². The van der Waals surface area contributed by atoms with Gasteiger partial charge < -0.3 is 4.74 Å². The summed E-state index contributed by atoms with van der Waals surface area (Å²) in [4.78, 5) is 15.8. The largest absolute Gasteiger partial charge is 0.465 e. The fourth-order valence-electron chi connectivity index (χ4n) is 1.98. The summed E-state index contributed by atoms with van der Waals surface area (Å²) in [5, 5.41) is 0. The molecule has 0 aliphatic rings. The van der Waals surface area contributed by atoms with E-state index in [2.05, 4.69) is 11.1 Å². The minimum absolute atomic E-state index is 0.319. The molecule has 3 rings (SSSR count). The average molecular weight is 269 g/mol. The Bertz CT molecular complexity index is 748. The van der Waals surface area contributed by atoms with Crippen LogP contribution in [0.25, 0.3) is 21.3 Å². The van der Waals surface area contributed by atoms with Crippen LogP contribution in [0.5, 0.6) is 0 Å². The van der Waals surface area contributed by atoms with Gasteiger partial charge in [-0.15, -0.1) is 11.3 Å². The Morgan fingerprint density at radius 3 is 2.84 bits per heavy atom. The van der Waals surface area contributed by atoms with E-state index in [-0.39, 0.29) is 5.97 Å². The summed E-state index contributed by atoms with van der Waals surface area (Å²) in [6, 6.07) is 13.5. The number of benzene rings is 2. The van der Waals surface area contributed by atoms with Gasteiger partial charge in [-0.25, -0.2) is 9.78 Å². The first-order valence-electron chi connectivity index (χ1n) is 5.80. The van der Waals surface area contributed by atoms with Crippen LogP contribution >= 0.6 is 11.3 Å². The Hall–Kier alpha value is -2.20. The van der Waals surface area contributed by atoms with Crippen molar-refractivity contribution in [2.45, 2.75) is 0 Å². The van der Waals surface area contributed by atoms with Crippen molar-refractivity contribution < 1.29 is 9.53 Å². The van der Waals surface area contributed by atoms with Crippen molar-refractivity contribution in [1.82, 2.24) is 4.98 Å². The highest BCUT2D eigenvalue weighted by atomic mass is 32.1. The molecular weight excluding hydrogens is 258 g/mol. The van der Waals surface area contributed by atoms with Gasteiger partial charge in [-0.1, -0.05) is 18.2 Å². The third-order valence-electron chi connectivity index (χ3n) is 2.95. The second kappa shape index (κ2) is 4.82. The summed E-state index contributed by atoms with van der Waals surface area (Å²) in [5.41, 5.74) is 5.46. The van der Waals surface area contributed by atoms with Gasteiger partial charge in [-0.05, 0) is 35.4 Å². The van der Waals surface area contributed by atoms with Crippen LogP contribution in [-0.2, 0) is 4.74 Å². The highest BCUT2D eigenvalue weighted by Gasteiger charge is 2.07. The van der Waals surface area contributed by atoms with Crippen LogP contribution in [0.1, 0.15) is 10.4 Å². The molecule has 0 amide bonds. The van der Waals surface area contributed by atoms with E-state index in [0.717, 1.165) is 21.3 Å². The lowest BCUT2D eigenvalue weighted by Crippen LogP contribution is -2.00. The van der Waals surface area contributed by atoms with Crippen molar-refractivity contribution in [3.8, 4) is 11.1 Å². The maximum Gasteiger partial charge on any atom is 0.337 e. The first-order valence-corrected chi connectivity index (χ1v) is 6.68. The van der Waals surface area contributed by atoms with E-state index in [4.69, 9.17) is 4.74 Å². The molecule has 94 valence electrons. The van der Waals surface area contributed by atoms with E-state index in [0.29, 0.717) is 5.56 Å². The number of hydrogen-bond donors (Lipinski definition) is 0. The molecule has 0 aliphatic carbocycles. The predicted molar refractivity (Wildman–Crippen MR) is 76.4 cm³/mol. The standard InChI is InChI=1S/C15H11NO2S/c1-18-15(17)12-4-2-3-10(7-12)11-5-6-13-14(8-11)19-9-16-13/h2-9H,1H3. The number of esters is 1. The molecule has 0 saturated carbocycles. The molecule has 4 heteroatoms. The molecule has 1 heterocycles. The summed E-state index contributed by atoms with van der Waals surface area (Å²) in [7, 11) is 1.39. The number of thiazole rings is 1. The van der Waals surface area contributed by atoms with Gasteiger partial charge in [0.05, 0.1) is 28.4 Å². The van der Waals surface area contributed by atoms with Gasteiger partial charge in [0.2, 0.25) is 0 Å². The van der Waals surface area contributed by atoms with Gasteiger partial charge in [-0.2, -0.15) is 0 Å². The van der Waals surface area contributed by atoms with Crippen molar-refractivity contribution >= 4 is 27.5 Å². The summed E-state index contributed by atoms with van der Waals surface area (Å²) in [5.74, 6) is -0.319. The lowest BCUT2D eigenvalue weighted by molar-refractivity contribution is 0.0601. The maximum atomic E-state index is 11.5. The van der Waals surface area contributed by atoms with Crippen LogP contribution in [0.2, 0.25) is 0 Å². The van der Waals surface area contributed by atoms with Gasteiger partial charge >= 0.3 is 5.97 Å². The van der Waals surface area contributed by atoms with Crippen molar-refractivity contribution in [1.29, 1.82) is 0 Å². The Kier molecular flexibility index (Phi) is 3.01. The third kappa shape index (κ3) is 2.22. The van der Waals surface area contributed by atoms with Crippen LogP contribution in [-0.4, -0.2) is 18.1 Å². The number of carbonyl (C=O) groups is 1. The number of hydrogen-bond acceptors (Lipinski definition) is 4. The molecule has 3 nitrogen and oxygen atoms in total. The van der Waals surface area contributed by atoms with E-state index < -0.39 is 0 Å². The van der Waals surface area contributed by atoms with Crippen LogP contribution in [0.4, 0.5) is 0 Å².